The first-order chi connectivity index (χ1) is 15.5. The minimum Gasteiger partial charge on any atom is -0.467 e. The Kier molecular flexibility index (Phi) is 6.42. The SMILES string of the molecule is Cc1cc(C)cc(N(C(=O)c2csnn2)[C@@H](C(=O)NCc2ccccc2)c2ccco2)c1. The van der Waals surface area contributed by atoms with E-state index in [0.29, 0.717) is 18.0 Å². The summed E-state index contributed by atoms with van der Waals surface area (Å²) < 4.78 is 9.43. The Balaban J connectivity index is 1.76. The second-order valence-electron chi connectivity index (χ2n) is 7.43. The molecule has 2 aromatic heterocycles. The Hall–Kier alpha value is -3.78. The molecule has 0 unspecified atom stereocenters. The smallest absolute Gasteiger partial charge is 0.280 e. The summed E-state index contributed by atoms with van der Waals surface area (Å²) >= 11 is 1.08. The van der Waals surface area contributed by atoms with Gasteiger partial charge in [-0.05, 0) is 66.3 Å². The molecule has 0 radical (unpaired) electrons. The van der Waals surface area contributed by atoms with Gasteiger partial charge >= 0.3 is 0 Å². The van der Waals surface area contributed by atoms with Crippen LogP contribution in [0.1, 0.15) is 39.0 Å². The maximum absolute atomic E-state index is 13.6. The van der Waals surface area contributed by atoms with Gasteiger partial charge in [0.25, 0.3) is 11.8 Å². The van der Waals surface area contributed by atoms with E-state index >= 15 is 0 Å². The molecule has 162 valence electrons. The summed E-state index contributed by atoms with van der Waals surface area (Å²) in [5, 5.41) is 8.45. The molecular weight excluding hydrogens is 424 g/mol. The fourth-order valence-corrected chi connectivity index (χ4v) is 3.99. The van der Waals surface area contributed by atoms with Gasteiger partial charge in [-0.25, -0.2) is 0 Å². The molecule has 32 heavy (non-hydrogen) atoms. The Labute approximate surface area is 189 Å². The number of carbonyl (C=O) groups is 2. The van der Waals surface area contributed by atoms with Crippen molar-refractivity contribution in [1.82, 2.24) is 14.9 Å². The van der Waals surface area contributed by atoms with Crippen LogP contribution in [0, 0.1) is 13.8 Å². The quantitative estimate of drug-likeness (QED) is 0.453. The molecule has 0 fully saturated rings. The van der Waals surface area contributed by atoms with E-state index < -0.39 is 11.9 Å². The summed E-state index contributed by atoms with van der Waals surface area (Å²) in [5.41, 5.74) is 3.64. The van der Waals surface area contributed by atoms with Crippen molar-refractivity contribution < 1.29 is 14.0 Å². The third-order valence-electron chi connectivity index (χ3n) is 4.91. The van der Waals surface area contributed by atoms with Gasteiger partial charge in [0.05, 0.1) is 6.26 Å². The first kappa shape index (κ1) is 21.5. The second kappa shape index (κ2) is 9.57. The number of nitrogens with zero attached hydrogens (tertiary/aromatic N) is 3. The van der Waals surface area contributed by atoms with E-state index in [1.807, 2.05) is 62.4 Å². The van der Waals surface area contributed by atoms with Crippen LogP contribution in [-0.4, -0.2) is 21.4 Å². The minimum atomic E-state index is -1.02. The number of nitrogens with one attached hydrogen (secondary N) is 1. The number of aromatic nitrogens is 2. The molecule has 0 saturated carbocycles. The fourth-order valence-electron chi connectivity index (χ4n) is 3.56. The van der Waals surface area contributed by atoms with E-state index in [9.17, 15) is 9.59 Å². The monoisotopic (exact) mass is 446 g/mol. The highest BCUT2D eigenvalue weighted by atomic mass is 32.1. The van der Waals surface area contributed by atoms with Crippen molar-refractivity contribution in [2.75, 3.05) is 4.90 Å². The van der Waals surface area contributed by atoms with E-state index in [-0.39, 0.29) is 11.6 Å². The maximum atomic E-state index is 13.6. The lowest BCUT2D eigenvalue weighted by molar-refractivity contribution is -0.123. The lowest BCUT2D eigenvalue weighted by Gasteiger charge is -2.29. The lowest BCUT2D eigenvalue weighted by atomic mass is 10.1. The van der Waals surface area contributed by atoms with Crippen LogP contribution in [0.2, 0.25) is 0 Å². The number of hydrogen-bond acceptors (Lipinski definition) is 6. The maximum Gasteiger partial charge on any atom is 0.280 e. The van der Waals surface area contributed by atoms with Crippen LogP contribution in [0.3, 0.4) is 0 Å². The summed E-state index contributed by atoms with van der Waals surface area (Å²) in [5.74, 6) is -0.439. The lowest BCUT2D eigenvalue weighted by Crippen LogP contribution is -2.44. The van der Waals surface area contributed by atoms with Crippen molar-refractivity contribution >= 4 is 29.0 Å². The summed E-state index contributed by atoms with van der Waals surface area (Å²) in [4.78, 5) is 28.5. The van der Waals surface area contributed by atoms with E-state index in [1.165, 1.54) is 11.2 Å². The minimum absolute atomic E-state index is 0.168. The number of hydrogen-bond donors (Lipinski definition) is 1. The fraction of sp³-hybridized carbons (Fsp3) is 0.167. The number of benzene rings is 2. The molecule has 0 spiro atoms. The van der Waals surface area contributed by atoms with Crippen molar-refractivity contribution in [2.45, 2.75) is 26.4 Å². The Bertz CT molecular complexity index is 1170. The third kappa shape index (κ3) is 4.76. The molecule has 0 aliphatic heterocycles. The molecule has 8 heteroatoms. The van der Waals surface area contributed by atoms with E-state index in [0.717, 1.165) is 28.2 Å². The van der Waals surface area contributed by atoms with Crippen molar-refractivity contribution in [3.05, 3.63) is 100 Å². The zero-order chi connectivity index (χ0) is 22.5. The van der Waals surface area contributed by atoms with Crippen molar-refractivity contribution in [3.8, 4) is 0 Å². The van der Waals surface area contributed by atoms with Crippen LogP contribution in [-0.2, 0) is 11.3 Å². The van der Waals surface area contributed by atoms with E-state index in [1.54, 1.807) is 17.5 Å². The number of anilines is 1. The Morgan fingerprint density at radius 2 is 1.81 bits per heavy atom. The zero-order valence-electron chi connectivity index (χ0n) is 17.7. The number of furan rings is 1. The first-order valence-electron chi connectivity index (χ1n) is 10.1. The molecule has 4 aromatic rings. The standard InChI is InChI=1S/C24H22N4O3S/c1-16-11-17(2)13-19(12-16)28(24(30)20-15-32-27-26-20)22(21-9-6-10-31-21)23(29)25-14-18-7-4-3-5-8-18/h3-13,15,22H,14H2,1-2H3,(H,25,29)/t22-/m1/s1. The normalized spacial score (nSPS) is 11.7. The number of amides is 2. The topological polar surface area (TPSA) is 88.3 Å². The molecule has 0 aliphatic rings. The van der Waals surface area contributed by atoms with Gasteiger partial charge in [0, 0.05) is 17.6 Å². The zero-order valence-corrected chi connectivity index (χ0v) is 18.5. The summed E-state index contributed by atoms with van der Waals surface area (Å²) in [6.45, 7) is 4.21. The van der Waals surface area contributed by atoms with Gasteiger partial charge in [-0.3, -0.25) is 14.5 Å². The molecule has 2 heterocycles. The average molecular weight is 447 g/mol. The van der Waals surface area contributed by atoms with Gasteiger partial charge < -0.3 is 9.73 Å². The van der Waals surface area contributed by atoms with Crippen LogP contribution in [0.15, 0.2) is 76.7 Å². The third-order valence-corrected chi connectivity index (χ3v) is 5.42. The molecule has 1 N–H and O–H groups in total. The molecule has 2 amide bonds. The summed E-state index contributed by atoms with van der Waals surface area (Å²) in [6, 6.07) is 17.7. The van der Waals surface area contributed by atoms with Crippen LogP contribution in [0.25, 0.3) is 0 Å². The van der Waals surface area contributed by atoms with Gasteiger partial charge in [0.15, 0.2) is 11.7 Å². The Morgan fingerprint density at radius 3 is 2.44 bits per heavy atom. The molecule has 4 rings (SSSR count). The van der Waals surface area contributed by atoms with Crippen LogP contribution >= 0.6 is 11.5 Å². The largest absolute Gasteiger partial charge is 0.467 e. The molecule has 7 nitrogen and oxygen atoms in total. The van der Waals surface area contributed by atoms with Gasteiger partial charge in [-0.1, -0.05) is 40.9 Å². The number of aryl methyl sites for hydroxylation is 2. The predicted octanol–water partition coefficient (Wildman–Crippen LogP) is 4.45. The van der Waals surface area contributed by atoms with Gasteiger partial charge in [-0.15, -0.1) is 5.10 Å². The number of carbonyl (C=O) groups excluding carboxylic acids is 2. The predicted molar refractivity (Wildman–Crippen MR) is 122 cm³/mol. The first-order valence-corrected chi connectivity index (χ1v) is 10.9. The highest BCUT2D eigenvalue weighted by Crippen LogP contribution is 2.31. The van der Waals surface area contributed by atoms with E-state index in [2.05, 4.69) is 14.9 Å². The van der Waals surface area contributed by atoms with Gasteiger partial charge in [-0.2, -0.15) is 0 Å². The number of rotatable bonds is 7. The highest BCUT2D eigenvalue weighted by molar-refractivity contribution is 7.03. The van der Waals surface area contributed by atoms with Crippen LogP contribution in [0.4, 0.5) is 5.69 Å². The van der Waals surface area contributed by atoms with Gasteiger partial charge in [0.1, 0.15) is 5.76 Å². The highest BCUT2D eigenvalue weighted by Gasteiger charge is 2.36. The van der Waals surface area contributed by atoms with Crippen LogP contribution in [0.5, 0.6) is 0 Å². The van der Waals surface area contributed by atoms with Crippen LogP contribution < -0.4 is 10.2 Å². The summed E-state index contributed by atoms with van der Waals surface area (Å²) in [6.07, 6.45) is 1.49. The second-order valence-corrected chi connectivity index (χ2v) is 8.04. The Morgan fingerprint density at radius 1 is 1.06 bits per heavy atom. The molecule has 1 atom stereocenters. The van der Waals surface area contributed by atoms with Crippen molar-refractivity contribution in [3.63, 3.8) is 0 Å². The molecule has 0 bridgehead atoms. The summed E-state index contributed by atoms with van der Waals surface area (Å²) in [7, 11) is 0. The van der Waals surface area contributed by atoms with Gasteiger partial charge in [0.2, 0.25) is 0 Å². The molecular formula is C24H22N4O3S. The molecule has 0 aliphatic carbocycles. The molecule has 0 saturated heterocycles. The van der Waals surface area contributed by atoms with Crippen molar-refractivity contribution in [1.29, 1.82) is 0 Å². The van der Waals surface area contributed by atoms with E-state index in [4.69, 9.17) is 4.42 Å². The molecule has 2 aromatic carbocycles. The van der Waals surface area contributed by atoms with Crippen molar-refractivity contribution in [2.24, 2.45) is 0 Å². The average Bonchev–Trinajstić information content (AvgIpc) is 3.50.